The lowest BCUT2D eigenvalue weighted by Gasteiger charge is -2.32. The Morgan fingerprint density at radius 1 is 1.18 bits per heavy atom. The number of rotatable bonds is 10. The maximum absolute atomic E-state index is 6.35. The lowest BCUT2D eigenvalue weighted by atomic mass is 10.1. The molecule has 3 atom stereocenters. The van der Waals surface area contributed by atoms with Crippen molar-refractivity contribution in [2.45, 2.75) is 70.8 Å². The molecule has 1 rings (SSSR count). The molecule has 3 unspecified atom stereocenters. The summed E-state index contributed by atoms with van der Waals surface area (Å²) in [6.07, 6.45) is 2.49. The number of benzene rings is 1. The maximum atomic E-state index is 6.35. The minimum Gasteiger partial charge on any atom is -0.403 e. The molecule has 0 aliphatic heterocycles. The summed E-state index contributed by atoms with van der Waals surface area (Å²) in [5.41, 5.74) is 1.30. The Bertz CT molecular complexity index is 413. The lowest BCUT2D eigenvalue weighted by Crippen LogP contribution is -2.42. The van der Waals surface area contributed by atoms with E-state index in [1.54, 1.807) is 0 Å². The second-order valence-electron chi connectivity index (χ2n) is 6.92. The van der Waals surface area contributed by atoms with Crippen LogP contribution >= 0.6 is 12.6 Å². The molecule has 1 aromatic carbocycles. The Morgan fingerprint density at radius 3 is 2.41 bits per heavy atom. The normalized spacial score (nSPS) is 16.3. The summed E-state index contributed by atoms with van der Waals surface area (Å²) in [6, 6.07) is 11.6. The summed E-state index contributed by atoms with van der Waals surface area (Å²) in [5.74, 6) is 0.617. The average Bonchev–Trinajstić information content (AvgIpc) is 2.45. The summed E-state index contributed by atoms with van der Waals surface area (Å²) in [6.45, 7) is 12.1. The van der Waals surface area contributed by atoms with Gasteiger partial charge in [-0.1, -0.05) is 50.6 Å². The van der Waals surface area contributed by atoms with Crippen molar-refractivity contribution in [3.63, 3.8) is 0 Å². The second-order valence-corrected chi connectivity index (χ2v) is 11.8. The standard InChI is InChI=1S/C18H33NOSSi/c1-6-10-18(21)15(2)14-22(4,5)20-16(3)19-13-17-11-8-7-9-12-17/h7-9,11-12,15-16,18-19,21H,6,10,13-14H2,1-5H3. The van der Waals surface area contributed by atoms with E-state index in [9.17, 15) is 0 Å². The fourth-order valence-electron chi connectivity index (χ4n) is 2.92. The van der Waals surface area contributed by atoms with Gasteiger partial charge >= 0.3 is 0 Å². The third-order valence-corrected chi connectivity index (χ3v) is 7.37. The number of nitrogens with one attached hydrogen (secondary N) is 1. The molecule has 0 saturated heterocycles. The van der Waals surface area contributed by atoms with Crippen LogP contribution in [-0.2, 0) is 11.0 Å². The fourth-order valence-corrected chi connectivity index (χ4v) is 6.45. The average molecular weight is 340 g/mol. The van der Waals surface area contributed by atoms with Crippen molar-refractivity contribution < 1.29 is 4.43 Å². The van der Waals surface area contributed by atoms with Crippen LogP contribution in [0.1, 0.15) is 39.2 Å². The fraction of sp³-hybridized carbons (Fsp3) is 0.667. The number of thiol groups is 1. The highest BCUT2D eigenvalue weighted by molar-refractivity contribution is 7.81. The highest BCUT2D eigenvalue weighted by atomic mass is 32.1. The van der Waals surface area contributed by atoms with Crippen molar-refractivity contribution in [3.05, 3.63) is 35.9 Å². The Hall–Kier alpha value is -0.293. The minimum atomic E-state index is -1.67. The topological polar surface area (TPSA) is 21.3 Å². The Kier molecular flexibility index (Phi) is 8.76. The largest absolute Gasteiger partial charge is 0.403 e. The molecular formula is C18H33NOSSi. The van der Waals surface area contributed by atoms with Crippen LogP contribution in [0.25, 0.3) is 0 Å². The molecule has 0 radical (unpaired) electrons. The van der Waals surface area contributed by atoms with Crippen molar-refractivity contribution in [3.8, 4) is 0 Å². The number of hydrogen-bond donors (Lipinski definition) is 2. The molecule has 0 spiro atoms. The summed E-state index contributed by atoms with van der Waals surface area (Å²) in [4.78, 5) is 0. The Labute approximate surface area is 143 Å². The van der Waals surface area contributed by atoms with Gasteiger partial charge in [0, 0.05) is 11.8 Å². The zero-order valence-corrected chi connectivity index (χ0v) is 16.7. The molecule has 0 saturated carbocycles. The van der Waals surface area contributed by atoms with E-state index >= 15 is 0 Å². The van der Waals surface area contributed by atoms with E-state index in [2.05, 4.69) is 63.4 Å². The van der Waals surface area contributed by atoms with Crippen molar-refractivity contribution in [2.24, 2.45) is 5.92 Å². The SMILES string of the molecule is CCCC(S)C(C)C[Si](C)(C)OC(C)NCc1ccccc1. The summed E-state index contributed by atoms with van der Waals surface area (Å²) >= 11 is 4.75. The molecule has 0 aliphatic carbocycles. The van der Waals surface area contributed by atoms with Gasteiger partial charge < -0.3 is 4.43 Å². The Morgan fingerprint density at radius 2 is 1.82 bits per heavy atom. The van der Waals surface area contributed by atoms with Gasteiger partial charge in [-0.3, -0.25) is 5.32 Å². The van der Waals surface area contributed by atoms with Gasteiger partial charge in [-0.2, -0.15) is 12.6 Å². The van der Waals surface area contributed by atoms with Crippen LogP contribution in [-0.4, -0.2) is 19.8 Å². The molecule has 0 heterocycles. The van der Waals surface area contributed by atoms with Crippen LogP contribution in [0, 0.1) is 5.92 Å². The van der Waals surface area contributed by atoms with Crippen LogP contribution in [0.15, 0.2) is 30.3 Å². The van der Waals surface area contributed by atoms with E-state index in [-0.39, 0.29) is 6.23 Å². The molecule has 4 heteroatoms. The lowest BCUT2D eigenvalue weighted by molar-refractivity contribution is 0.169. The molecular weight excluding hydrogens is 306 g/mol. The predicted molar refractivity (Wildman–Crippen MR) is 103 cm³/mol. The predicted octanol–water partition coefficient (Wildman–Crippen LogP) is 5.08. The van der Waals surface area contributed by atoms with Gasteiger partial charge in [0.2, 0.25) is 0 Å². The van der Waals surface area contributed by atoms with Crippen LogP contribution in [0.2, 0.25) is 19.1 Å². The molecule has 0 aromatic heterocycles. The van der Waals surface area contributed by atoms with Gasteiger partial charge in [0.1, 0.15) is 0 Å². The highest BCUT2D eigenvalue weighted by Crippen LogP contribution is 2.26. The third-order valence-electron chi connectivity index (χ3n) is 3.99. The van der Waals surface area contributed by atoms with Gasteiger partial charge in [0.05, 0.1) is 6.23 Å². The molecule has 0 fully saturated rings. The number of hydrogen-bond acceptors (Lipinski definition) is 3. The smallest absolute Gasteiger partial charge is 0.189 e. The first-order valence-corrected chi connectivity index (χ1v) is 12.1. The molecule has 22 heavy (non-hydrogen) atoms. The first-order valence-electron chi connectivity index (χ1n) is 8.47. The van der Waals surface area contributed by atoms with E-state index in [4.69, 9.17) is 17.1 Å². The zero-order chi connectivity index (χ0) is 16.6. The summed E-state index contributed by atoms with van der Waals surface area (Å²) in [5, 5.41) is 3.97. The minimum absolute atomic E-state index is 0.0959. The molecule has 1 aromatic rings. The molecule has 1 N–H and O–H groups in total. The van der Waals surface area contributed by atoms with E-state index in [0.29, 0.717) is 11.2 Å². The third kappa shape index (κ3) is 7.81. The van der Waals surface area contributed by atoms with Gasteiger partial charge in [-0.15, -0.1) is 0 Å². The van der Waals surface area contributed by atoms with Crippen molar-refractivity contribution >= 4 is 20.9 Å². The van der Waals surface area contributed by atoms with Crippen molar-refractivity contribution in [1.82, 2.24) is 5.32 Å². The van der Waals surface area contributed by atoms with E-state index < -0.39 is 8.32 Å². The van der Waals surface area contributed by atoms with E-state index in [1.165, 1.54) is 24.4 Å². The van der Waals surface area contributed by atoms with Crippen molar-refractivity contribution in [2.75, 3.05) is 0 Å². The Balaban J connectivity index is 2.39. The summed E-state index contributed by atoms with van der Waals surface area (Å²) < 4.78 is 6.35. The first kappa shape index (κ1) is 19.8. The first-order chi connectivity index (χ1) is 10.3. The second kappa shape index (κ2) is 9.76. The van der Waals surface area contributed by atoms with E-state index in [1.807, 2.05) is 6.07 Å². The van der Waals surface area contributed by atoms with Gasteiger partial charge in [-0.25, -0.2) is 0 Å². The van der Waals surface area contributed by atoms with Crippen molar-refractivity contribution in [1.29, 1.82) is 0 Å². The maximum Gasteiger partial charge on any atom is 0.189 e. The molecule has 0 amide bonds. The van der Waals surface area contributed by atoms with E-state index in [0.717, 1.165) is 6.54 Å². The quantitative estimate of drug-likeness (QED) is 0.352. The van der Waals surface area contributed by atoms with Crippen LogP contribution in [0.3, 0.4) is 0 Å². The summed E-state index contributed by atoms with van der Waals surface area (Å²) in [7, 11) is -1.67. The van der Waals surface area contributed by atoms with Gasteiger partial charge in [0.25, 0.3) is 0 Å². The zero-order valence-electron chi connectivity index (χ0n) is 14.8. The van der Waals surface area contributed by atoms with Crippen LogP contribution in [0.4, 0.5) is 0 Å². The molecule has 2 nitrogen and oxygen atoms in total. The molecule has 0 bridgehead atoms. The molecule has 0 aliphatic rings. The van der Waals surface area contributed by atoms with Gasteiger partial charge in [-0.05, 0) is 44.0 Å². The monoisotopic (exact) mass is 339 g/mol. The highest BCUT2D eigenvalue weighted by Gasteiger charge is 2.29. The van der Waals surface area contributed by atoms with Crippen LogP contribution in [0.5, 0.6) is 0 Å². The van der Waals surface area contributed by atoms with Gasteiger partial charge in [0.15, 0.2) is 8.32 Å². The van der Waals surface area contributed by atoms with Crippen LogP contribution < -0.4 is 5.32 Å². The molecule has 126 valence electrons.